The zero-order chi connectivity index (χ0) is 7.11. The lowest BCUT2D eigenvalue weighted by atomic mass is 10.1. The van der Waals surface area contributed by atoms with Gasteiger partial charge in [-0.05, 0) is 12.8 Å². The lowest BCUT2D eigenvalue weighted by Crippen LogP contribution is -1.99. The van der Waals surface area contributed by atoms with Crippen molar-refractivity contribution in [2.75, 3.05) is 0 Å². The van der Waals surface area contributed by atoms with Crippen molar-refractivity contribution in [1.29, 1.82) is 0 Å². The average Bonchev–Trinajstić information content (AvgIpc) is 1.89. The average molecular weight is 124 g/mol. The zero-order valence-corrected chi connectivity index (χ0v) is 5.51. The third-order valence-corrected chi connectivity index (χ3v) is 1.09. The molecule has 0 bridgehead atoms. The molecular weight excluding hydrogens is 112 g/mol. The fourth-order valence-corrected chi connectivity index (χ4v) is 0.531. The summed E-state index contributed by atoms with van der Waals surface area (Å²) >= 11 is 0. The van der Waals surface area contributed by atoms with Crippen LogP contribution < -0.4 is 0 Å². The first kappa shape index (κ1) is 8.26. The second kappa shape index (κ2) is 5.40. The molecule has 0 aliphatic carbocycles. The third kappa shape index (κ3) is 5.13. The number of aliphatic hydroxyl groups excluding tert-OH is 1. The minimum atomic E-state index is -0.377. The number of unbranched alkanes of at least 4 members (excludes halogenated alkanes) is 1. The van der Waals surface area contributed by atoms with Gasteiger partial charge in [-0.1, -0.05) is 6.08 Å². The molecule has 0 aliphatic rings. The van der Waals surface area contributed by atoms with Crippen molar-refractivity contribution >= 4 is 0 Å². The summed E-state index contributed by atoms with van der Waals surface area (Å²) in [5.41, 5.74) is 0. The molecule has 1 atom stereocenters. The molecule has 0 heterocycles. The maximum atomic E-state index is 8.90. The van der Waals surface area contributed by atoms with Gasteiger partial charge in [-0.15, -0.1) is 18.9 Å². The molecule has 0 unspecified atom stereocenters. The minimum Gasteiger partial charge on any atom is -0.389 e. The summed E-state index contributed by atoms with van der Waals surface area (Å²) in [5, 5.41) is 8.90. The number of rotatable bonds is 4. The largest absolute Gasteiger partial charge is 0.389 e. The quantitative estimate of drug-likeness (QED) is 0.340. The van der Waals surface area contributed by atoms with Crippen LogP contribution in [-0.4, -0.2) is 11.2 Å². The van der Waals surface area contributed by atoms with Crippen LogP contribution in [0.5, 0.6) is 0 Å². The van der Waals surface area contributed by atoms with E-state index in [0.29, 0.717) is 0 Å². The number of terminal acetylenes is 1. The van der Waals surface area contributed by atoms with E-state index >= 15 is 0 Å². The fourth-order valence-electron chi connectivity index (χ4n) is 0.531. The van der Waals surface area contributed by atoms with Gasteiger partial charge in [-0.2, -0.15) is 0 Å². The highest BCUT2D eigenvalue weighted by Crippen LogP contribution is 1.99. The molecule has 0 aromatic heterocycles. The topological polar surface area (TPSA) is 20.2 Å². The molecule has 1 nitrogen and oxygen atoms in total. The highest BCUT2D eigenvalue weighted by Gasteiger charge is 1.94. The summed E-state index contributed by atoms with van der Waals surface area (Å²) in [4.78, 5) is 0. The maximum absolute atomic E-state index is 8.90. The molecule has 0 radical (unpaired) electrons. The summed E-state index contributed by atoms with van der Waals surface area (Å²) < 4.78 is 0. The number of hydrogen-bond acceptors (Lipinski definition) is 1. The van der Waals surface area contributed by atoms with Crippen LogP contribution in [0.1, 0.15) is 19.3 Å². The van der Waals surface area contributed by atoms with Crippen LogP contribution in [-0.2, 0) is 0 Å². The van der Waals surface area contributed by atoms with Crippen molar-refractivity contribution in [1.82, 2.24) is 0 Å². The molecule has 0 amide bonds. The van der Waals surface area contributed by atoms with Gasteiger partial charge < -0.3 is 5.11 Å². The molecule has 0 saturated carbocycles. The van der Waals surface area contributed by atoms with Gasteiger partial charge in [0.15, 0.2) is 0 Å². The van der Waals surface area contributed by atoms with Gasteiger partial charge in [-0.25, -0.2) is 0 Å². The monoisotopic (exact) mass is 124 g/mol. The Morgan fingerprint density at radius 2 is 2.44 bits per heavy atom. The van der Waals surface area contributed by atoms with Crippen molar-refractivity contribution < 1.29 is 5.11 Å². The van der Waals surface area contributed by atoms with E-state index in [1.165, 1.54) is 6.08 Å². The highest BCUT2D eigenvalue weighted by molar-refractivity contribution is 4.85. The zero-order valence-electron chi connectivity index (χ0n) is 5.51. The first-order valence-electron chi connectivity index (χ1n) is 3.05. The summed E-state index contributed by atoms with van der Waals surface area (Å²) in [5.74, 6) is 2.50. The molecule has 1 heteroatoms. The van der Waals surface area contributed by atoms with Gasteiger partial charge in [-0.3, -0.25) is 0 Å². The number of hydrogen-bond donors (Lipinski definition) is 1. The molecule has 0 saturated heterocycles. The van der Waals surface area contributed by atoms with Gasteiger partial charge in [0.05, 0.1) is 6.10 Å². The lowest BCUT2D eigenvalue weighted by Gasteiger charge is -2.00. The number of aliphatic hydroxyl groups is 1. The predicted molar refractivity (Wildman–Crippen MR) is 38.9 cm³/mol. The second-order valence-electron chi connectivity index (χ2n) is 1.90. The van der Waals surface area contributed by atoms with Gasteiger partial charge in [0.1, 0.15) is 0 Å². The normalized spacial score (nSPS) is 12.0. The molecule has 0 spiro atoms. The van der Waals surface area contributed by atoms with Gasteiger partial charge in [0.25, 0.3) is 0 Å². The Kier molecular flexibility index (Phi) is 4.95. The molecule has 50 valence electrons. The van der Waals surface area contributed by atoms with E-state index in [1.54, 1.807) is 0 Å². The van der Waals surface area contributed by atoms with Crippen LogP contribution >= 0.6 is 0 Å². The van der Waals surface area contributed by atoms with Gasteiger partial charge >= 0.3 is 0 Å². The molecule has 0 rings (SSSR count). The van der Waals surface area contributed by atoms with E-state index in [0.717, 1.165) is 19.3 Å². The Bertz CT molecular complexity index is 110. The molecule has 0 fully saturated rings. The molecule has 9 heavy (non-hydrogen) atoms. The van der Waals surface area contributed by atoms with E-state index in [9.17, 15) is 0 Å². The Balaban J connectivity index is 3.08. The Morgan fingerprint density at radius 1 is 1.78 bits per heavy atom. The van der Waals surface area contributed by atoms with Crippen molar-refractivity contribution in [3.63, 3.8) is 0 Å². The van der Waals surface area contributed by atoms with E-state index in [-0.39, 0.29) is 6.10 Å². The van der Waals surface area contributed by atoms with E-state index in [1.807, 2.05) is 0 Å². The fraction of sp³-hybridized carbons (Fsp3) is 0.500. The van der Waals surface area contributed by atoms with Crippen LogP contribution in [0, 0.1) is 12.3 Å². The van der Waals surface area contributed by atoms with Crippen molar-refractivity contribution in [2.24, 2.45) is 0 Å². The van der Waals surface area contributed by atoms with Crippen LogP contribution in [0.2, 0.25) is 0 Å². The molecule has 0 aliphatic heterocycles. The van der Waals surface area contributed by atoms with Crippen molar-refractivity contribution in [3.05, 3.63) is 12.7 Å². The molecule has 1 N–H and O–H groups in total. The van der Waals surface area contributed by atoms with E-state index in [2.05, 4.69) is 12.5 Å². The van der Waals surface area contributed by atoms with Gasteiger partial charge in [0, 0.05) is 6.42 Å². The van der Waals surface area contributed by atoms with Crippen molar-refractivity contribution in [3.8, 4) is 12.3 Å². The first-order chi connectivity index (χ1) is 4.31. The first-order valence-corrected chi connectivity index (χ1v) is 3.05. The lowest BCUT2D eigenvalue weighted by molar-refractivity contribution is 0.210. The Morgan fingerprint density at radius 3 is 2.89 bits per heavy atom. The maximum Gasteiger partial charge on any atom is 0.0718 e. The SMILES string of the molecule is C#CCCC[C@H](O)C=C. The van der Waals surface area contributed by atoms with Crippen LogP contribution in [0.15, 0.2) is 12.7 Å². The summed E-state index contributed by atoms with van der Waals surface area (Å²) in [6, 6.07) is 0. The van der Waals surface area contributed by atoms with E-state index in [4.69, 9.17) is 11.5 Å². The summed E-state index contributed by atoms with van der Waals surface area (Å²) in [6.07, 6.45) is 8.50. The smallest absolute Gasteiger partial charge is 0.0718 e. The standard InChI is InChI=1S/C8H12O/c1-3-5-6-7-8(9)4-2/h1,4,8-9H,2,5-7H2/t8-/m1/s1. The molecule has 0 aromatic rings. The highest BCUT2D eigenvalue weighted by atomic mass is 16.3. The van der Waals surface area contributed by atoms with E-state index < -0.39 is 0 Å². The van der Waals surface area contributed by atoms with Crippen LogP contribution in [0.3, 0.4) is 0 Å². The van der Waals surface area contributed by atoms with Crippen molar-refractivity contribution in [2.45, 2.75) is 25.4 Å². The van der Waals surface area contributed by atoms with Crippen LogP contribution in [0.25, 0.3) is 0 Å². The molecular formula is C8H12O. The Labute approximate surface area is 56.4 Å². The second-order valence-corrected chi connectivity index (χ2v) is 1.90. The third-order valence-electron chi connectivity index (χ3n) is 1.09. The predicted octanol–water partition coefficient (Wildman–Crippen LogP) is 1.34. The van der Waals surface area contributed by atoms with Crippen LogP contribution in [0.4, 0.5) is 0 Å². The van der Waals surface area contributed by atoms with Gasteiger partial charge in [0.2, 0.25) is 0 Å². The summed E-state index contributed by atoms with van der Waals surface area (Å²) in [6.45, 7) is 3.44. The minimum absolute atomic E-state index is 0.377. The molecule has 0 aromatic carbocycles. The summed E-state index contributed by atoms with van der Waals surface area (Å²) in [7, 11) is 0. The Hall–Kier alpha value is -0.740.